The number of ether oxygens (including phenoxy) is 2. The number of rotatable bonds is 8. The van der Waals surface area contributed by atoms with Crippen molar-refractivity contribution < 1.29 is 14.3 Å². The first-order valence-electron chi connectivity index (χ1n) is 7.81. The second-order valence-electron chi connectivity index (χ2n) is 5.33. The van der Waals surface area contributed by atoms with Gasteiger partial charge in [0.1, 0.15) is 6.26 Å². The number of hydrogen-bond acceptors (Lipinski definition) is 3. The van der Waals surface area contributed by atoms with E-state index < -0.39 is 0 Å². The SMILES string of the molecule is C=C=COc1ccc(CCC(=O)NCc2ccc(Cl)cc2)cc1OC. The van der Waals surface area contributed by atoms with Gasteiger partial charge in [-0.05, 0) is 41.8 Å². The first kappa shape index (κ1) is 18.7. The Balaban J connectivity index is 1.86. The molecule has 0 aromatic heterocycles. The Labute approximate surface area is 152 Å². The maximum Gasteiger partial charge on any atom is 0.220 e. The number of nitrogens with one attached hydrogen (secondary N) is 1. The molecule has 0 fully saturated rings. The Morgan fingerprint density at radius 1 is 1.20 bits per heavy atom. The van der Waals surface area contributed by atoms with Gasteiger partial charge < -0.3 is 14.8 Å². The fourth-order valence-electron chi connectivity index (χ4n) is 2.22. The van der Waals surface area contributed by atoms with Crippen LogP contribution in [0.25, 0.3) is 0 Å². The maximum absolute atomic E-state index is 12.0. The Bertz CT molecular complexity index is 765. The van der Waals surface area contributed by atoms with Gasteiger partial charge in [0, 0.05) is 18.0 Å². The van der Waals surface area contributed by atoms with Crippen LogP contribution in [0.1, 0.15) is 17.5 Å². The molecule has 2 aromatic rings. The standard InChI is InChI=1S/C20H20ClNO3/c1-3-12-25-18-10-6-15(13-19(18)24-2)7-11-20(23)22-14-16-4-8-17(21)9-5-16/h4-6,8-10,12-13H,1,7,11,14H2,2H3,(H,22,23). The van der Waals surface area contributed by atoms with E-state index in [4.69, 9.17) is 21.1 Å². The molecule has 0 saturated carbocycles. The van der Waals surface area contributed by atoms with Gasteiger partial charge in [0.05, 0.1) is 7.11 Å². The number of aryl methyl sites for hydroxylation is 1. The molecule has 2 aromatic carbocycles. The Morgan fingerprint density at radius 3 is 2.60 bits per heavy atom. The van der Waals surface area contributed by atoms with Crippen molar-refractivity contribution in [2.75, 3.05) is 7.11 Å². The van der Waals surface area contributed by atoms with Crippen LogP contribution < -0.4 is 14.8 Å². The maximum atomic E-state index is 12.0. The first-order valence-corrected chi connectivity index (χ1v) is 8.19. The van der Waals surface area contributed by atoms with Crippen LogP contribution in [-0.4, -0.2) is 13.0 Å². The van der Waals surface area contributed by atoms with E-state index in [1.54, 1.807) is 25.3 Å². The summed E-state index contributed by atoms with van der Waals surface area (Å²) in [6.07, 6.45) is 2.37. The fraction of sp³-hybridized carbons (Fsp3) is 0.200. The van der Waals surface area contributed by atoms with Crippen molar-refractivity contribution in [2.24, 2.45) is 0 Å². The molecule has 0 spiro atoms. The van der Waals surface area contributed by atoms with Crippen LogP contribution >= 0.6 is 11.6 Å². The van der Waals surface area contributed by atoms with Gasteiger partial charge >= 0.3 is 0 Å². The minimum absolute atomic E-state index is 0.0103. The Morgan fingerprint density at radius 2 is 1.92 bits per heavy atom. The van der Waals surface area contributed by atoms with Gasteiger partial charge in [-0.2, -0.15) is 0 Å². The molecule has 0 saturated heterocycles. The van der Waals surface area contributed by atoms with E-state index in [2.05, 4.69) is 17.6 Å². The number of halogens is 1. The number of carbonyl (C=O) groups excluding carboxylic acids is 1. The van der Waals surface area contributed by atoms with E-state index in [0.717, 1.165) is 11.1 Å². The van der Waals surface area contributed by atoms with Crippen LogP contribution in [0.3, 0.4) is 0 Å². The normalized spacial score (nSPS) is 9.84. The summed E-state index contributed by atoms with van der Waals surface area (Å²) in [6, 6.07) is 13.0. The van der Waals surface area contributed by atoms with Crippen LogP contribution in [0.2, 0.25) is 5.02 Å². The zero-order valence-corrected chi connectivity index (χ0v) is 14.8. The van der Waals surface area contributed by atoms with Gasteiger partial charge in [-0.15, -0.1) is 0 Å². The molecule has 1 N–H and O–H groups in total. The zero-order chi connectivity index (χ0) is 18.1. The molecule has 0 atom stereocenters. The van der Waals surface area contributed by atoms with E-state index in [9.17, 15) is 4.79 Å². The molecule has 4 nitrogen and oxygen atoms in total. The zero-order valence-electron chi connectivity index (χ0n) is 14.0. The number of methoxy groups -OCH3 is 1. The van der Waals surface area contributed by atoms with Gasteiger partial charge in [0.2, 0.25) is 5.91 Å². The van der Waals surface area contributed by atoms with Gasteiger partial charge in [-0.3, -0.25) is 4.79 Å². The monoisotopic (exact) mass is 357 g/mol. The van der Waals surface area contributed by atoms with E-state index in [1.807, 2.05) is 24.3 Å². The van der Waals surface area contributed by atoms with Gasteiger partial charge in [0.15, 0.2) is 11.5 Å². The fourth-order valence-corrected chi connectivity index (χ4v) is 2.35. The average Bonchev–Trinajstić information content (AvgIpc) is 2.64. The lowest BCUT2D eigenvalue weighted by atomic mass is 10.1. The van der Waals surface area contributed by atoms with Crippen LogP contribution in [0, 0.1) is 0 Å². The van der Waals surface area contributed by atoms with Crippen LogP contribution in [-0.2, 0) is 17.8 Å². The second-order valence-corrected chi connectivity index (χ2v) is 5.76. The molecular formula is C20H20ClNO3. The van der Waals surface area contributed by atoms with Gasteiger partial charge in [-0.25, -0.2) is 0 Å². The largest absolute Gasteiger partial charge is 0.493 e. The molecule has 25 heavy (non-hydrogen) atoms. The lowest BCUT2D eigenvalue weighted by molar-refractivity contribution is -0.121. The third-order valence-corrected chi connectivity index (χ3v) is 3.79. The summed E-state index contributed by atoms with van der Waals surface area (Å²) in [7, 11) is 1.57. The van der Waals surface area contributed by atoms with Crippen molar-refractivity contribution >= 4 is 17.5 Å². The molecule has 0 aliphatic heterocycles. The average molecular weight is 358 g/mol. The van der Waals surface area contributed by atoms with E-state index in [1.165, 1.54) is 6.26 Å². The summed E-state index contributed by atoms with van der Waals surface area (Å²) < 4.78 is 10.6. The van der Waals surface area contributed by atoms with Crippen LogP contribution in [0.4, 0.5) is 0 Å². The topological polar surface area (TPSA) is 47.6 Å². The lowest BCUT2D eigenvalue weighted by Gasteiger charge is -2.10. The van der Waals surface area contributed by atoms with E-state index >= 15 is 0 Å². The third kappa shape index (κ3) is 6.03. The van der Waals surface area contributed by atoms with Crippen LogP contribution in [0.5, 0.6) is 11.5 Å². The summed E-state index contributed by atoms with van der Waals surface area (Å²) >= 11 is 5.84. The lowest BCUT2D eigenvalue weighted by Crippen LogP contribution is -2.22. The number of carbonyl (C=O) groups is 1. The molecule has 0 unspecified atom stereocenters. The molecule has 2 rings (SSSR count). The van der Waals surface area contributed by atoms with E-state index in [-0.39, 0.29) is 5.91 Å². The number of benzene rings is 2. The highest BCUT2D eigenvalue weighted by Gasteiger charge is 2.07. The number of amides is 1. The summed E-state index contributed by atoms with van der Waals surface area (Å²) in [5.74, 6) is 1.17. The van der Waals surface area contributed by atoms with Crippen molar-refractivity contribution in [3.8, 4) is 11.5 Å². The van der Waals surface area contributed by atoms with Crippen molar-refractivity contribution in [1.82, 2.24) is 5.32 Å². The van der Waals surface area contributed by atoms with Crippen molar-refractivity contribution in [3.05, 3.63) is 77.2 Å². The van der Waals surface area contributed by atoms with E-state index in [0.29, 0.717) is 35.9 Å². The molecule has 1 amide bonds. The highest BCUT2D eigenvalue weighted by molar-refractivity contribution is 6.30. The number of hydrogen-bond donors (Lipinski definition) is 1. The quantitative estimate of drug-likeness (QED) is 0.566. The smallest absolute Gasteiger partial charge is 0.220 e. The molecule has 130 valence electrons. The molecule has 0 aliphatic carbocycles. The Kier molecular flexibility index (Phi) is 7.15. The molecule has 0 bridgehead atoms. The van der Waals surface area contributed by atoms with Crippen molar-refractivity contribution in [3.63, 3.8) is 0 Å². The minimum atomic E-state index is -0.0103. The molecular weight excluding hydrogens is 338 g/mol. The third-order valence-electron chi connectivity index (χ3n) is 3.54. The predicted molar refractivity (Wildman–Crippen MR) is 99.0 cm³/mol. The Hall–Kier alpha value is -2.68. The summed E-state index contributed by atoms with van der Waals surface area (Å²) in [4.78, 5) is 12.0. The van der Waals surface area contributed by atoms with Gasteiger partial charge in [-0.1, -0.05) is 42.1 Å². The summed E-state index contributed by atoms with van der Waals surface area (Å²) in [5.41, 5.74) is 4.54. The summed E-state index contributed by atoms with van der Waals surface area (Å²) in [5, 5.41) is 3.58. The van der Waals surface area contributed by atoms with Crippen molar-refractivity contribution in [2.45, 2.75) is 19.4 Å². The molecule has 0 aliphatic rings. The van der Waals surface area contributed by atoms with Crippen molar-refractivity contribution in [1.29, 1.82) is 0 Å². The molecule has 0 radical (unpaired) electrons. The first-order chi connectivity index (χ1) is 12.1. The second kappa shape index (κ2) is 9.58. The minimum Gasteiger partial charge on any atom is -0.493 e. The molecule has 0 heterocycles. The van der Waals surface area contributed by atoms with Gasteiger partial charge in [0.25, 0.3) is 0 Å². The highest BCUT2D eigenvalue weighted by atomic mass is 35.5. The highest BCUT2D eigenvalue weighted by Crippen LogP contribution is 2.28. The summed E-state index contributed by atoms with van der Waals surface area (Å²) in [6.45, 7) is 3.93. The van der Waals surface area contributed by atoms with Crippen LogP contribution in [0.15, 0.2) is 61.0 Å². The predicted octanol–water partition coefficient (Wildman–Crippen LogP) is 4.28. The molecule has 5 heteroatoms.